The molecule has 0 atom stereocenters. The van der Waals surface area contributed by atoms with Gasteiger partial charge in [-0.3, -0.25) is 9.52 Å². The molecule has 1 aliphatic rings. The van der Waals surface area contributed by atoms with Gasteiger partial charge in [-0.15, -0.1) is 0 Å². The van der Waals surface area contributed by atoms with Crippen molar-refractivity contribution in [1.82, 2.24) is 5.32 Å². The van der Waals surface area contributed by atoms with E-state index in [0.29, 0.717) is 16.3 Å². The Morgan fingerprint density at radius 1 is 0.962 bits per heavy atom. The third kappa shape index (κ3) is 4.56. The van der Waals surface area contributed by atoms with Gasteiger partial charge in [-0.2, -0.15) is 0 Å². The number of nitrogens with one attached hydrogen (secondary N) is 2. The molecule has 0 aromatic heterocycles. The first-order chi connectivity index (χ1) is 12.5. The number of hydrogen-bond donors (Lipinski definition) is 2. The first-order valence-corrected chi connectivity index (χ1v) is 10.5. The minimum atomic E-state index is -3.77. The molecular formula is C19H21ClN2O3S. The lowest BCUT2D eigenvalue weighted by Gasteiger charge is -2.22. The van der Waals surface area contributed by atoms with Crippen LogP contribution < -0.4 is 10.0 Å². The average molecular weight is 393 g/mol. The predicted octanol–water partition coefficient (Wildman–Crippen LogP) is 4.20. The van der Waals surface area contributed by atoms with Crippen molar-refractivity contribution in [1.29, 1.82) is 0 Å². The number of hydrogen-bond acceptors (Lipinski definition) is 3. The molecule has 2 N–H and O–H groups in total. The Bertz CT molecular complexity index is 876. The second kappa shape index (κ2) is 8.10. The van der Waals surface area contributed by atoms with Crippen molar-refractivity contribution < 1.29 is 13.2 Å². The highest BCUT2D eigenvalue weighted by Gasteiger charge is 2.19. The maximum absolute atomic E-state index is 12.5. The van der Waals surface area contributed by atoms with Crippen LogP contribution in [0.3, 0.4) is 0 Å². The van der Waals surface area contributed by atoms with E-state index in [4.69, 9.17) is 11.6 Å². The number of carbonyl (C=O) groups is 1. The van der Waals surface area contributed by atoms with E-state index >= 15 is 0 Å². The van der Waals surface area contributed by atoms with Crippen molar-refractivity contribution in [2.45, 2.75) is 43.0 Å². The molecule has 0 saturated heterocycles. The van der Waals surface area contributed by atoms with Gasteiger partial charge in [0.1, 0.15) is 0 Å². The van der Waals surface area contributed by atoms with Gasteiger partial charge in [0.2, 0.25) is 0 Å². The molecule has 1 amide bonds. The number of para-hydroxylation sites is 1. The minimum Gasteiger partial charge on any atom is -0.349 e. The van der Waals surface area contributed by atoms with Crippen LogP contribution >= 0.6 is 11.6 Å². The fourth-order valence-corrected chi connectivity index (χ4v) is 4.37. The van der Waals surface area contributed by atoms with Gasteiger partial charge in [-0.05, 0) is 49.2 Å². The topological polar surface area (TPSA) is 75.3 Å². The highest BCUT2D eigenvalue weighted by molar-refractivity contribution is 7.92. The van der Waals surface area contributed by atoms with Crippen LogP contribution in [-0.4, -0.2) is 20.4 Å². The molecule has 1 aliphatic carbocycles. The molecule has 5 nitrogen and oxygen atoms in total. The zero-order valence-corrected chi connectivity index (χ0v) is 15.8. The van der Waals surface area contributed by atoms with Crippen LogP contribution in [0.4, 0.5) is 5.69 Å². The zero-order valence-electron chi connectivity index (χ0n) is 14.2. The van der Waals surface area contributed by atoms with Crippen molar-refractivity contribution in [3.8, 4) is 0 Å². The van der Waals surface area contributed by atoms with E-state index in [1.807, 2.05) is 0 Å². The molecular weight excluding hydrogens is 372 g/mol. The van der Waals surface area contributed by atoms with Crippen LogP contribution in [0, 0.1) is 0 Å². The lowest BCUT2D eigenvalue weighted by molar-refractivity contribution is 0.0927. The lowest BCUT2D eigenvalue weighted by Crippen LogP contribution is -2.36. The highest BCUT2D eigenvalue weighted by Crippen LogP contribution is 2.24. The minimum absolute atomic E-state index is 0.0756. The molecule has 0 aliphatic heterocycles. The van der Waals surface area contributed by atoms with Crippen LogP contribution in [-0.2, 0) is 10.0 Å². The average Bonchev–Trinajstić information content (AvgIpc) is 2.64. The lowest BCUT2D eigenvalue weighted by atomic mass is 9.95. The zero-order chi connectivity index (χ0) is 18.6. The summed E-state index contributed by atoms with van der Waals surface area (Å²) in [6, 6.07) is 12.7. The van der Waals surface area contributed by atoms with Crippen molar-refractivity contribution >= 4 is 33.2 Å². The van der Waals surface area contributed by atoms with E-state index in [1.165, 1.54) is 30.7 Å². The second-order valence-corrected chi connectivity index (χ2v) is 8.51. The number of anilines is 1. The van der Waals surface area contributed by atoms with Gasteiger partial charge < -0.3 is 5.32 Å². The fraction of sp³-hybridized carbons (Fsp3) is 0.316. The normalized spacial score (nSPS) is 15.4. The van der Waals surface area contributed by atoms with E-state index in [-0.39, 0.29) is 16.8 Å². The first kappa shape index (κ1) is 18.7. The summed E-state index contributed by atoms with van der Waals surface area (Å²) in [5.74, 6) is -0.167. The van der Waals surface area contributed by atoms with Gasteiger partial charge in [-0.1, -0.05) is 43.0 Å². The number of carbonyl (C=O) groups excluding carboxylic acids is 1. The maximum atomic E-state index is 12.5. The molecule has 0 radical (unpaired) electrons. The van der Waals surface area contributed by atoms with E-state index in [1.54, 1.807) is 24.3 Å². The Kier molecular flexibility index (Phi) is 5.84. The summed E-state index contributed by atoms with van der Waals surface area (Å²) in [6.07, 6.45) is 5.49. The van der Waals surface area contributed by atoms with E-state index in [2.05, 4.69) is 10.0 Å². The van der Waals surface area contributed by atoms with E-state index in [9.17, 15) is 13.2 Å². The number of sulfonamides is 1. The summed E-state index contributed by atoms with van der Waals surface area (Å²) in [4.78, 5) is 12.4. The molecule has 0 spiro atoms. The van der Waals surface area contributed by atoms with Crippen LogP contribution in [0.2, 0.25) is 5.02 Å². The summed E-state index contributed by atoms with van der Waals surface area (Å²) in [5, 5.41) is 3.34. The molecule has 2 aromatic rings. The fourth-order valence-electron chi connectivity index (χ4n) is 3.05. The van der Waals surface area contributed by atoms with Gasteiger partial charge in [0.05, 0.1) is 15.6 Å². The van der Waals surface area contributed by atoms with Crippen LogP contribution in [0.15, 0.2) is 53.4 Å². The van der Waals surface area contributed by atoms with Crippen molar-refractivity contribution in [3.05, 3.63) is 59.1 Å². The second-order valence-electron chi connectivity index (χ2n) is 6.42. The molecule has 0 heterocycles. The third-order valence-electron chi connectivity index (χ3n) is 4.49. The Morgan fingerprint density at radius 2 is 1.62 bits per heavy atom. The van der Waals surface area contributed by atoms with Crippen molar-refractivity contribution in [2.24, 2.45) is 0 Å². The molecule has 1 saturated carbocycles. The Labute approximate surface area is 158 Å². The predicted molar refractivity (Wildman–Crippen MR) is 103 cm³/mol. The number of rotatable bonds is 5. The molecule has 0 unspecified atom stereocenters. The molecule has 3 rings (SSSR count). The third-order valence-corrected chi connectivity index (χ3v) is 6.20. The van der Waals surface area contributed by atoms with Crippen molar-refractivity contribution in [3.63, 3.8) is 0 Å². The summed E-state index contributed by atoms with van der Waals surface area (Å²) in [7, 11) is -3.77. The van der Waals surface area contributed by atoms with Gasteiger partial charge >= 0.3 is 0 Å². The summed E-state index contributed by atoms with van der Waals surface area (Å²) < 4.78 is 27.4. The standard InChI is InChI=1S/C19H21ClN2O3S/c20-17-8-4-5-9-18(17)22-26(24,25)16-12-10-14(11-13-16)19(23)21-15-6-2-1-3-7-15/h4-5,8-13,15,22H,1-3,6-7H2,(H,21,23). The van der Waals surface area contributed by atoms with E-state index < -0.39 is 10.0 Å². The Morgan fingerprint density at radius 3 is 2.27 bits per heavy atom. The number of benzene rings is 2. The van der Waals surface area contributed by atoms with Crippen LogP contribution in [0.5, 0.6) is 0 Å². The van der Waals surface area contributed by atoms with E-state index in [0.717, 1.165) is 25.7 Å². The largest absolute Gasteiger partial charge is 0.349 e. The molecule has 26 heavy (non-hydrogen) atoms. The smallest absolute Gasteiger partial charge is 0.261 e. The maximum Gasteiger partial charge on any atom is 0.261 e. The quantitative estimate of drug-likeness (QED) is 0.800. The van der Waals surface area contributed by atoms with Crippen LogP contribution in [0.25, 0.3) is 0 Å². The molecule has 0 bridgehead atoms. The van der Waals surface area contributed by atoms with Gasteiger partial charge in [-0.25, -0.2) is 8.42 Å². The van der Waals surface area contributed by atoms with Gasteiger partial charge in [0.25, 0.3) is 15.9 Å². The Hall–Kier alpha value is -2.05. The summed E-state index contributed by atoms with van der Waals surface area (Å²) in [5.41, 5.74) is 0.764. The van der Waals surface area contributed by atoms with Gasteiger partial charge in [0.15, 0.2) is 0 Å². The summed E-state index contributed by atoms with van der Waals surface area (Å²) in [6.45, 7) is 0. The first-order valence-electron chi connectivity index (χ1n) is 8.64. The monoisotopic (exact) mass is 392 g/mol. The molecule has 1 fully saturated rings. The highest BCUT2D eigenvalue weighted by atomic mass is 35.5. The number of halogens is 1. The summed E-state index contributed by atoms with van der Waals surface area (Å²) >= 11 is 6.00. The van der Waals surface area contributed by atoms with Crippen LogP contribution in [0.1, 0.15) is 42.5 Å². The SMILES string of the molecule is O=C(NC1CCCCC1)c1ccc(S(=O)(=O)Nc2ccccc2Cl)cc1. The molecule has 7 heteroatoms. The van der Waals surface area contributed by atoms with Gasteiger partial charge in [0, 0.05) is 11.6 Å². The van der Waals surface area contributed by atoms with Crippen molar-refractivity contribution in [2.75, 3.05) is 4.72 Å². The number of amides is 1. The molecule has 138 valence electrons. The Balaban J connectivity index is 1.70. The molecule has 2 aromatic carbocycles.